The van der Waals surface area contributed by atoms with E-state index in [0.29, 0.717) is 6.54 Å². The number of nitrogens with zero attached hydrogens (tertiary/aromatic N) is 2. The molecule has 1 saturated heterocycles. The molecule has 0 bridgehead atoms. The van der Waals surface area contributed by atoms with Crippen LogP contribution in [0.3, 0.4) is 0 Å². The Balaban J connectivity index is 1.97. The number of nitrogens with one attached hydrogen (secondary N) is 2. The number of nitro benzene ring substituents is 1. The van der Waals surface area contributed by atoms with E-state index < -0.39 is 10.7 Å². The first-order valence-corrected chi connectivity index (χ1v) is 6.76. The van der Waals surface area contributed by atoms with Crippen LogP contribution in [0, 0.1) is 15.9 Å². The van der Waals surface area contributed by atoms with E-state index in [2.05, 4.69) is 15.5 Å². The van der Waals surface area contributed by atoms with Crippen LogP contribution in [0.5, 0.6) is 0 Å². The van der Waals surface area contributed by atoms with Crippen LogP contribution in [0.1, 0.15) is 0 Å². The van der Waals surface area contributed by atoms with Crippen LogP contribution >= 0.6 is 11.6 Å². The number of hydrogen-bond donors (Lipinski definition) is 2. The first-order valence-electron chi connectivity index (χ1n) is 6.38. The van der Waals surface area contributed by atoms with E-state index in [1.807, 2.05) is 0 Å². The van der Waals surface area contributed by atoms with Gasteiger partial charge in [-0.05, 0) is 6.07 Å². The molecule has 1 fully saturated rings. The molecule has 1 aromatic rings. The highest BCUT2D eigenvalue weighted by molar-refractivity contribution is 6.31. The van der Waals surface area contributed by atoms with Gasteiger partial charge in [-0.15, -0.1) is 0 Å². The Bertz CT molecular complexity index is 495. The monoisotopic (exact) mass is 302 g/mol. The predicted octanol–water partition coefficient (Wildman–Crippen LogP) is 1.70. The summed E-state index contributed by atoms with van der Waals surface area (Å²) in [5, 5.41) is 17.0. The smallest absolute Gasteiger partial charge is 0.295 e. The molecule has 0 aliphatic carbocycles. The van der Waals surface area contributed by atoms with Gasteiger partial charge in [-0.3, -0.25) is 15.0 Å². The third-order valence-electron chi connectivity index (χ3n) is 3.19. The molecule has 2 N–H and O–H groups in total. The van der Waals surface area contributed by atoms with Gasteiger partial charge in [0.25, 0.3) is 5.69 Å². The Kier molecular flexibility index (Phi) is 5.11. The molecule has 0 unspecified atom stereocenters. The van der Waals surface area contributed by atoms with Crippen LogP contribution in [0.2, 0.25) is 5.02 Å². The van der Waals surface area contributed by atoms with Crippen molar-refractivity contribution in [2.24, 2.45) is 0 Å². The average Bonchev–Trinajstić information content (AvgIpc) is 2.43. The van der Waals surface area contributed by atoms with Crippen molar-refractivity contribution in [3.05, 3.63) is 33.1 Å². The van der Waals surface area contributed by atoms with Gasteiger partial charge < -0.3 is 10.6 Å². The molecule has 0 amide bonds. The number of halogens is 2. The molecule has 1 heterocycles. The lowest BCUT2D eigenvalue weighted by atomic mass is 10.2. The summed E-state index contributed by atoms with van der Waals surface area (Å²) < 4.78 is 13.3. The van der Waals surface area contributed by atoms with Crippen LogP contribution in [-0.2, 0) is 0 Å². The standard InChI is InChI=1S/C12H16ClFN4O2/c13-9-7-11(12(18(19)20)8-10(9)14)16-3-6-17-4-1-15-2-5-17/h7-8,15-16H,1-6H2. The molecule has 0 radical (unpaired) electrons. The van der Waals surface area contributed by atoms with Gasteiger partial charge in [0.2, 0.25) is 0 Å². The van der Waals surface area contributed by atoms with Crippen LogP contribution in [0.4, 0.5) is 15.8 Å². The first-order chi connectivity index (χ1) is 9.58. The lowest BCUT2D eigenvalue weighted by molar-refractivity contribution is -0.384. The largest absolute Gasteiger partial charge is 0.378 e. The third kappa shape index (κ3) is 3.78. The normalized spacial score (nSPS) is 16.1. The molecule has 110 valence electrons. The Morgan fingerprint density at radius 3 is 2.80 bits per heavy atom. The molecule has 0 saturated carbocycles. The molecule has 0 spiro atoms. The molecular weight excluding hydrogens is 287 g/mol. The van der Waals surface area contributed by atoms with Gasteiger partial charge in [-0.2, -0.15) is 0 Å². The fraction of sp³-hybridized carbons (Fsp3) is 0.500. The number of rotatable bonds is 5. The minimum atomic E-state index is -0.786. The highest BCUT2D eigenvalue weighted by atomic mass is 35.5. The second-order valence-corrected chi connectivity index (χ2v) is 4.97. The van der Waals surface area contributed by atoms with Gasteiger partial charge in [-0.25, -0.2) is 4.39 Å². The van der Waals surface area contributed by atoms with Gasteiger partial charge in [0.05, 0.1) is 16.0 Å². The average molecular weight is 303 g/mol. The zero-order chi connectivity index (χ0) is 14.5. The van der Waals surface area contributed by atoms with Gasteiger partial charge in [-0.1, -0.05) is 11.6 Å². The van der Waals surface area contributed by atoms with Crippen molar-refractivity contribution >= 4 is 23.0 Å². The second kappa shape index (κ2) is 6.83. The zero-order valence-corrected chi connectivity index (χ0v) is 11.6. The molecule has 0 atom stereocenters. The third-order valence-corrected chi connectivity index (χ3v) is 3.48. The molecule has 2 rings (SSSR count). The zero-order valence-electron chi connectivity index (χ0n) is 10.9. The van der Waals surface area contributed by atoms with Crippen molar-refractivity contribution in [1.82, 2.24) is 10.2 Å². The maximum atomic E-state index is 13.3. The Morgan fingerprint density at radius 2 is 2.15 bits per heavy atom. The summed E-state index contributed by atoms with van der Waals surface area (Å²) in [6.45, 7) is 5.11. The minimum Gasteiger partial charge on any atom is -0.378 e. The van der Waals surface area contributed by atoms with E-state index in [1.54, 1.807) is 0 Å². The number of nitro groups is 1. The fourth-order valence-electron chi connectivity index (χ4n) is 2.11. The molecule has 1 aromatic carbocycles. The summed E-state index contributed by atoms with van der Waals surface area (Å²) >= 11 is 5.66. The number of anilines is 1. The molecule has 20 heavy (non-hydrogen) atoms. The summed E-state index contributed by atoms with van der Waals surface area (Å²) in [5.41, 5.74) is -0.0521. The molecule has 1 aliphatic rings. The highest BCUT2D eigenvalue weighted by Crippen LogP contribution is 2.30. The SMILES string of the molecule is O=[N+]([O-])c1cc(F)c(Cl)cc1NCCN1CCNCC1. The maximum Gasteiger partial charge on any atom is 0.295 e. The lowest BCUT2D eigenvalue weighted by Crippen LogP contribution is -2.45. The lowest BCUT2D eigenvalue weighted by Gasteiger charge is -2.27. The van der Waals surface area contributed by atoms with Gasteiger partial charge in [0.15, 0.2) is 0 Å². The molecule has 0 aromatic heterocycles. The quantitative estimate of drug-likeness (QED) is 0.640. The van der Waals surface area contributed by atoms with Crippen molar-refractivity contribution in [3.63, 3.8) is 0 Å². The van der Waals surface area contributed by atoms with Crippen molar-refractivity contribution in [2.45, 2.75) is 0 Å². The van der Waals surface area contributed by atoms with E-state index in [0.717, 1.165) is 38.8 Å². The molecular formula is C12H16ClFN4O2. The Morgan fingerprint density at radius 1 is 1.45 bits per heavy atom. The summed E-state index contributed by atoms with van der Waals surface area (Å²) in [7, 11) is 0. The van der Waals surface area contributed by atoms with Crippen molar-refractivity contribution in [3.8, 4) is 0 Å². The summed E-state index contributed by atoms with van der Waals surface area (Å²) in [6.07, 6.45) is 0. The number of hydrogen-bond acceptors (Lipinski definition) is 5. The predicted molar refractivity (Wildman–Crippen MR) is 75.9 cm³/mol. The minimum absolute atomic E-state index is 0.125. The van der Waals surface area contributed by atoms with Crippen LogP contribution in [0.15, 0.2) is 12.1 Å². The van der Waals surface area contributed by atoms with E-state index in [4.69, 9.17) is 11.6 Å². The van der Waals surface area contributed by atoms with Crippen molar-refractivity contribution in [1.29, 1.82) is 0 Å². The van der Waals surface area contributed by atoms with Crippen LogP contribution in [-0.4, -0.2) is 49.1 Å². The van der Waals surface area contributed by atoms with Crippen LogP contribution in [0.25, 0.3) is 0 Å². The van der Waals surface area contributed by atoms with Crippen molar-refractivity contribution < 1.29 is 9.31 Å². The highest BCUT2D eigenvalue weighted by Gasteiger charge is 2.18. The van der Waals surface area contributed by atoms with Gasteiger partial charge in [0.1, 0.15) is 11.5 Å². The van der Waals surface area contributed by atoms with Crippen molar-refractivity contribution in [2.75, 3.05) is 44.6 Å². The summed E-state index contributed by atoms with van der Waals surface area (Å²) in [4.78, 5) is 12.5. The Hall–Kier alpha value is -1.44. The molecule has 6 nitrogen and oxygen atoms in total. The molecule has 8 heteroatoms. The molecule has 1 aliphatic heterocycles. The van der Waals surface area contributed by atoms with Crippen LogP contribution < -0.4 is 10.6 Å². The van der Waals surface area contributed by atoms with Gasteiger partial charge in [0, 0.05) is 39.3 Å². The van der Waals surface area contributed by atoms with E-state index in [1.165, 1.54) is 6.07 Å². The topological polar surface area (TPSA) is 70.4 Å². The maximum absolute atomic E-state index is 13.3. The first kappa shape index (κ1) is 15.0. The fourth-order valence-corrected chi connectivity index (χ4v) is 2.28. The summed E-state index contributed by atoms with van der Waals surface area (Å²) in [6, 6.07) is 2.10. The number of benzene rings is 1. The summed E-state index contributed by atoms with van der Waals surface area (Å²) in [5.74, 6) is -0.786. The van der Waals surface area contributed by atoms with Gasteiger partial charge >= 0.3 is 0 Å². The number of piperazine rings is 1. The second-order valence-electron chi connectivity index (χ2n) is 4.56. The Labute approximate surface area is 121 Å². The van der Waals surface area contributed by atoms with E-state index in [-0.39, 0.29) is 16.4 Å². The van der Waals surface area contributed by atoms with E-state index >= 15 is 0 Å². The van der Waals surface area contributed by atoms with E-state index in [9.17, 15) is 14.5 Å².